The van der Waals surface area contributed by atoms with Gasteiger partial charge in [0.2, 0.25) is 5.91 Å². The van der Waals surface area contributed by atoms with E-state index in [0.29, 0.717) is 11.7 Å². The van der Waals surface area contributed by atoms with Crippen LogP contribution in [0.2, 0.25) is 5.02 Å². The molecule has 4 N–H and O–H groups in total. The molecule has 1 amide bonds. The highest BCUT2D eigenvalue weighted by Crippen LogP contribution is 2.31. The second-order valence-corrected chi connectivity index (χ2v) is 11.6. The Balaban J connectivity index is 0.000000395. The maximum atomic E-state index is 11.5. The number of ketones is 1. The number of aliphatic imine (C=N–C) groups is 1. The third-order valence-electron chi connectivity index (χ3n) is 7.82. The van der Waals surface area contributed by atoms with Crippen molar-refractivity contribution in [3.63, 3.8) is 0 Å². The minimum Gasteiger partial charge on any atom is -0.396 e. The van der Waals surface area contributed by atoms with E-state index in [9.17, 15) is 9.59 Å². The van der Waals surface area contributed by atoms with Gasteiger partial charge in [0.15, 0.2) is 5.78 Å². The van der Waals surface area contributed by atoms with Gasteiger partial charge in [-0.3, -0.25) is 14.6 Å². The van der Waals surface area contributed by atoms with Gasteiger partial charge in [-0.1, -0.05) is 37.9 Å². The molecule has 2 fully saturated rings. The predicted molar refractivity (Wildman–Crippen MR) is 167 cm³/mol. The number of halogens is 1. The lowest BCUT2D eigenvalue weighted by Gasteiger charge is -2.30. The summed E-state index contributed by atoms with van der Waals surface area (Å²) in [5.74, 6) is 0.545. The molecule has 0 atom stereocenters. The second-order valence-electron chi connectivity index (χ2n) is 11.2. The lowest BCUT2D eigenvalue weighted by atomic mass is 9.84. The van der Waals surface area contributed by atoms with Gasteiger partial charge >= 0.3 is 0 Å². The van der Waals surface area contributed by atoms with Gasteiger partial charge in [-0.25, -0.2) is 0 Å². The molecule has 7 nitrogen and oxygen atoms in total. The first-order valence-electron chi connectivity index (χ1n) is 15.1. The first-order valence-corrected chi connectivity index (χ1v) is 15.5. The Kier molecular flexibility index (Phi) is 15.3. The van der Waals surface area contributed by atoms with Crippen LogP contribution in [0.3, 0.4) is 0 Å². The highest BCUT2D eigenvalue weighted by molar-refractivity contribution is 6.33. The molecule has 0 heterocycles. The van der Waals surface area contributed by atoms with Crippen LogP contribution in [0.5, 0.6) is 0 Å². The zero-order valence-corrected chi connectivity index (χ0v) is 25.9. The zero-order chi connectivity index (χ0) is 29.5. The number of allylic oxidation sites excluding steroid dienone is 2. The fraction of sp³-hybridized carbons (Fsp3) is 0.656. The van der Waals surface area contributed by atoms with Crippen LogP contribution in [0, 0.1) is 12.8 Å². The van der Waals surface area contributed by atoms with E-state index >= 15 is 0 Å². The summed E-state index contributed by atoms with van der Waals surface area (Å²) in [6.45, 7) is 9.78. The van der Waals surface area contributed by atoms with Gasteiger partial charge in [0.1, 0.15) is 6.61 Å². The Hall–Kier alpha value is -2.38. The minimum atomic E-state index is -0.357. The van der Waals surface area contributed by atoms with Crippen LogP contribution in [0.25, 0.3) is 0 Å². The van der Waals surface area contributed by atoms with Crippen LogP contribution >= 0.6 is 11.6 Å². The Morgan fingerprint density at radius 1 is 1.12 bits per heavy atom. The maximum Gasteiger partial charge on any atom is 0.248 e. The SMILES string of the molecule is CC(=O)/C(N)=C1\CCCC1=NCCC1CCC(Nc2cc(C)ccc2Cl)CC1.CCCCN(CCC)C(=O)CO. The molecule has 1 aromatic rings. The number of unbranched alkanes of at least 4 members (excludes halogenated alkanes) is 1. The summed E-state index contributed by atoms with van der Waals surface area (Å²) < 4.78 is 0. The van der Waals surface area contributed by atoms with Gasteiger partial charge in [-0.2, -0.15) is 0 Å². The van der Waals surface area contributed by atoms with Crippen molar-refractivity contribution in [2.75, 3.05) is 31.6 Å². The van der Waals surface area contributed by atoms with E-state index in [4.69, 9.17) is 27.4 Å². The number of amides is 1. The van der Waals surface area contributed by atoms with E-state index in [-0.39, 0.29) is 18.3 Å². The van der Waals surface area contributed by atoms with Crippen molar-refractivity contribution >= 4 is 34.7 Å². The number of nitrogens with two attached hydrogens (primary N) is 1. The summed E-state index contributed by atoms with van der Waals surface area (Å²) in [5, 5.41) is 13.1. The molecule has 224 valence electrons. The number of hydrogen-bond donors (Lipinski definition) is 3. The van der Waals surface area contributed by atoms with E-state index in [1.807, 2.05) is 19.1 Å². The molecule has 2 saturated carbocycles. The summed E-state index contributed by atoms with van der Waals surface area (Å²) in [4.78, 5) is 29.2. The van der Waals surface area contributed by atoms with Crippen molar-refractivity contribution in [3.05, 3.63) is 40.1 Å². The van der Waals surface area contributed by atoms with Gasteiger partial charge in [-0.15, -0.1) is 0 Å². The monoisotopic (exact) mass is 574 g/mol. The summed E-state index contributed by atoms with van der Waals surface area (Å²) in [5.41, 5.74) is 10.7. The quantitative estimate of drug-likeness (QED) is 0.248. The number of nitrogens with zero attached hydrogens (tertiary/aromatic N) is 2. The number of rotatable bonds is 12. The number of nitrogens with one attached hydrogen (secondary N) is 1. The second kappa shape index (κ2) is 18.1. The average molecular weight is 575 g/mol. The number of carbonyl (C=O) groups excluding carboxylic acids is 2. The highest BCUT2D eigenvalue weighted by atomic mass is 35.5. The summed E-state index contributed by atoms with van der Waals surface area (Å²) in [6, 6.07) is 6.64. The van der Waals surface area contributed by atoms with Crippen molar-refractivity contribution < 1.29 is 14.7 Å². The molecule has 0 aromatic heterocycles. The fourth-order valence-corrected chi connectivity index (χ4v) is 5.60. The smallest absolute Gasteiger partial charge is 0.248 e. The number of hydrogen-bond acceptors (Lipinski definition) is 6. The van der Waals surface area contributed by atoms with Gasteiger partial charge in [0.05, 0.1) is 16.4 Å². The maximum absolute atomic E-state index is 11.5. The lowest BCUT2D eigenvalue weighted by molar-refractivity contribution is -0.134. The van der Waals surface area contributed by atoms with Gasteiger partial charge in [0, 0.05) is 38.3 Å². The molecule has 40 heavy (non-hydrogen) atoms. The average Bonchev–Trinajstić information content (AvgIpc) is 3.41. The molecule has 2 aliphatic rings. The predicted octanol–water partition coefficient (Wildman–Crippen LogP) is 6.45. The normalized spacial score (nSPS) is 21.0. The summed E-state index contributed by atoms with van der Waals surface area (Å²) in [7, 11) is 0. The number of benzene rings is 1. The van der Waals surface area contributed by atoms with E-state index in [0.717, 1.165) is 92.5 Å². The van der Waals surface area contributed by atoms with Crippen LogP contribution in [-0.4, -0.2) is 59.7 Å². The highest BCUT2D eigenvalue weighted by Gasteiger charge is 2.23. The van der Waals surface area contributed by atoms with Crippen LogP contribution in [0.1, 0.15) is 97.0 Å². The molecule has 8 heteroatoms. The Morgan fingerprint density at radius 3 is 2.48 bits per heavy atom. The van der Waals surface area contributed by atoms with Gasteiger partial charge in [-0.05, 0) is 100 Å². The molecule has 0 aliphatic heterocycles. The van der Waals surface area contributed by atoms with Crippen LogP contribution < -0.4 is 11.1 Å². The molecule has 0 bridgehead atoms. The standard InChI is InChI=1S/C23H32ClN3O.C9H19NO2/c1-15-6-11-20(24)22(14-15)27-18-9-7-17(8-10-18)12-13-26-21-5-3-4-19(21)23(25)16(2)28;1-3-5-7-10(6-4-2)9(12)8-11/h6,11,14,17-18,27H,3-5,7-10,12-13,25H2,1-2H3;11H,3-8H2,1-2H3/b23-19-,26-21?;. The molecular formula is C32H51ClN4O3. The molecule has 0 radical (unpaired) electrons. The van der Waals surface area contributed by atoms with Crippen LogP contribution in [0.15, 0.2) is 34.5 Å². The number of anilines is 1. The fourth-order valence-electron chi connectivity index (χ4n) is 5.43. The number of aryl methyl sites for hydroxylation is 1. The topological polar surface area (TPSA) is 108 Å². The van der Waals surface area contributed by atoms with Crippen molar-refractivity contribution in [1.29, 1.82) is 0 Å². The van der Waals surface area contributed by atoms with Gasteiger partial charge < -0.3 is 21.1 Å². The number of Topliss-reactive ketones (excluding diaryl/α,β-unsaturated/α-hetero) is 1. The first kappa shape index (κ1) is 33.8. The van der Waals surface area contributed by atoms with Crippen LogP contribution in [0.4, 0.5) is 5.69 Å². The van der Waals surface area contributed by atoms with Crippen LogP contribution in [-0.2, 0) is 9.59 Å². The summed E-state index contributed by atoms with van der Waals surface area (Å²) >= 11 is 6.32. The number of aliphatic hydroxyl groups excluding tert-OH is 1. The molecular weight excluding hydrogens is 524 g/mol. The third kappa shape index (κ3) is 11.2. The van der Waals surface area contributed by atoms with E-state index in [1.165, 1.54) is 38.2 Å². The van der Waals surface area contributed by atoms with E-state index < -0.39 is 0 Å². The Morgan fingerprint density at radius 2 is 1.85 bits per heavy atom. The lowest BCUT2D eigenvalue weighted by Crippen LogP contribution is -2.34. The molecule has 2 aliphatic carbocycles. The van der Waals surface area contributed by atoms with Crippen molar-refractivity contribution in [1.82, 2.24) is 4.90 Å². The number of aliphatic hydroxyl groups is 1. The van der Waals surface area contributed by atoms with Crippen molar-refractivity contribution in [2.45, 2.75) is 104 Å². The molecule has 1 aromatic carbocycles. The van der Waals surface area contributed by atoms with E-state index in [1.54, 1.807) is 4.90 Å². The largest absolute Gasteiger partial charge is 0.396 e. The zero-order valence-electron chi connectivity index (χ0n) is 25.1. The van der Waals surface area contributed by atoms with Gasteiger partial charge in [0.25, 0.3) is 0 Å². The minimum absolute atomic E-state index is 0.0378. The third-order valence-corrected chi connectivity index (χ3v) is 8.15. The summed E-state index contributed by atoms with van der Waals surface area (Å²) in [6.07, 6.45) is 11.9. The van der Waals surface area contributed by atoms with Crippen molar-refractivity contribution in [2.24, 2.45) is 16.6 Å². The number of carbonyl (C=O) groups is 2. The van der Waals surface area contributed by atoms with E-state index in [2.05, 4.69) is 25.2 Å². The molecule has 3 rings (SSSR count). The molecule has 0 saturated heterocycles. The molecule has 0 spiro atoms. The van der Waals surface area contributed by atoms with Crippen molar-refractivity contribution in [3.8, 4) is 0 Å². The molecule has 0 unspecified atom stereocenters. The first-order chi connectivity index (χ1) is 19.2. The Labute approximate surface area is 246 Å². The Bertz CT molecular complexity index is 1020.